The minimum absolute atomic E-state index is 0.158. The van der Waals surface area contributed by atoms with Crippen molar-refractivity contribution < 1.29 is 0 Å². The fourth-order valence-electron chi connectivity index (χ4n) is 1.65. The summed E-state index contributed by atoms with van der Waals surface area (Å²) in [5.41, 5.74) is 1.57. The van der Waals surface area contributed by atoms with Gasteiger partial charge >= 0.3 is 0 Å². The lowest BCUT2D eigenvalue weighted by atomic mass is 10.2. The van der Waals surface area contributed by atoms with Gasteiger partial charge in [0.15, 0.2) is 11.7 Å². The van der Waals surface area contributed by atoms with Gasteiger partial charge in [-0.3, -0.25) is 5.41 Å². The van der Waals surface area contributed by atoms with Gasteiger partial charge < -0.3 is 0 Å². The monoisotopic (exact) mass is 283 g/mol. The third-order valence-corrected chi connectivity index (χ3v) is 2.64. The summed E-state index contributed by atoms with van der Waals surface area (Å²) in [6, 6.07) is 18.8. The van der Waals surface area contributed by atoms with Gasteiger partial charge in [-0.25, -0.2) is 9.98 Å². The molecule has 0 unspecified atom stereocenters. The summed E-state index contributed by atoms with van der Waals surface area (Å²) in [5, 5.41) is 8.44. The van der Waals surface area contributed by atoms with Crippen LogP contribution in [0, 0.1) is 5.41 Å². The van der Waals surface area contributed by atoms with Crippen LogP contribution in [0.25, 0.3) is 0 Å². The van der Waals surface area contributed by atoms with E-state index in [0.29, 0.717) is 11.0 Å². The number of halogens is 1. The Labute approximate surface area is 123 Å². The van der Waals surface area contributed by atoms with E-state index >= 15 is 0 Å². The molecule has 0 heterocycles. The first kappa shape index (κ1) is 14.2. The average Bonchev–Trinajstić information content (AvgIpc) is 2.48. The Bertz CT molecular complexity index is 642. The Kier molecular flexibility index (Phi) is 4.80. The number of aliphatic imine (C=N–C) groups is 2. The van der Waals surface area contributed by atoms with E-state index in [2.05, 4.69) is 9.98 Å². The average molecular weight is 284 g/mol. The smallest absolute Gasteiger partial charge is 0.162 e. The van der Waals surface area contributed by atoms with Gasteiger partial charge in [0.2, 0.25) is 0 Å². The van der Waals surface area contributed by atoms with Crippen molar-refractivity contribution in [3.05, 3.63) is 71.8 Å². The van der Waals surface area contributed by atoms with Crippen molar-refractivity contribution in [1.29, 1.82) is 5.41 Å². The number of nitrogens with zero attached hydrogens (tertiary/aromatic N) is 2. The molecule has 0 bridgehead atoms. The topological polar surface area (TPSA) is 48.6 Å². The van der Waals surface area contributed by atoms with Gasteiger partial charge in [0.25, 0.3) is 0 Å². The Morgan fingerprint density at radius 1 is 0.850 bits per heavy atom. The van der Waals surface area contributed by atoms with Crippen LogP contribution in [-0.4, -0.2) is 16.8 Å². The molecule has 2 aromatic rings. The highest BCUT2D eigenvalue weighted by Gasteiger charge is 2.05. The molecule has 0 aliphatic heterocycles. The first-order valence-corrected chi connectivity index (χ1v) is 6.53. The molecule has 100 valence electrons. The van der Waals surface area contributed by atoms with Crippen molar-refractivity contribution in [3.63, 3.8) is 0 Å². The Hall–Kier alpha value is -2.26. The molecule has 0 atom stereocenters. The van der Waals surface area contributed by atoms with Crippen LogP contribution in [0.4, 0.5) is 0 Å². The summed E-state index contributed by atoms with van der Waals surface area (Å²) >= 11 is 5.85. The molecule has 0 fully saturated rings. The molecule has 20 heavy (non-hydrogen) atoms. The fourth-order valence-corrected chi connectivity index (χ4v) is 1.73. The Morgan fingerprint density at radius 3 is 1.85 bits per heavy atom. The lowest BCUT2D eigenvalue weighted by Crippen LogP contribution is -2.04. The molecule has 0 aliphatic rings. The minimum Gasteiger partial charge on any atom is -0.282 e. The van der Waals surface area contributed by atoms with Crippen molar-refractivity contribution in [2.24, 2.45) is 9.98 Å². The van der Waals surface area contributed by atoms with Crippen LogP contribution >= 0.6 is 11.6 Å². The van der Waals surface area contributed by atoms with Crippen LogP contribution in [0.15, 0.2) is 70.6 Å². The highest BCUT2D eigenvalue weighted by atomic mass is 35.5. The molecular weight excluding hydrogens is 270 g/mol. The van der Waals surface area contributed by atoms with Crippen LogP contribution in [0.3, 0.4) is 0 Å². The van der Waals surface area contributed by atoms with Gasteiger partial charge in [0.05, 0.1) is 0 Å². The van der Waals surface area contributed by atoms with Crippen molar-refractivity contribution in [2.45, 2.75) is 6.92 Å². The van der Waals surface area contributed by atoms with Crippen molar-refractivity contribution in [3.8, 4) is 0 Å². The number of nitrogens with one attached hydrogen (secondary N) is 1. The largest absolute Gasteiger partial charge is 0.282 e. The maximum absolute atomic E-state index is 8.05. The maximum atomic E-state index is 8.05. The zero-order valence-electron chi connectivity index (χ0n) is 11.0. The minimum atomic E-state index is 0.158. The molecule has 4 heteroatoms. The Balaban J connectivity index is 2.40. The summed E-state index contributed by atoms with van der Waals surface area (Å²) in [7, 11) is 0. The van der Waals surface area contributed by atoms with Crippen molar-refractivity contribution >= 4 is 28.4 Å². The predicted molar refractivity (Wildman–Crippen MR) is 85.2 cm³/mol. The van der Waals surface area contributed by atoms with Gasteiger partial charge in [0.1, 0.15) is 5.17 Å². The molecule has 0 saturated heterocycles. The highest BCUT2D eigenvalue weighted by molar-refractivity contribution is 6.65. The first-order chi connectivity index (χ1) is 9.66. The summed E-state index contributed by atoms with van der Waals surface area (Å²) in [5.74, 6) is 0.595. The molecule has 0 aliphatic carbocycles. The number of rotatable bonds is 2. The number of amidine groups is 2. The molecule has 3 nitrogen and oxygen atoms in total. The molecule has 0 radical (unpaired) electrons. The van der Waals surface area contributed by atoms with Crippen LogP contribution in [0.2, 0.25) is 0 Å². The summed E-state index contributed by atoms with van der Waals surface area (Å²) in [4.78, 5) is 8.49. The zero-order chi connectivity index (χ0) is 14.4. The summed E-state index contributed by atoms with van der Waals surface area (Å²) in [6.07, 6.45) is 0. The second kappa shape index (κ2) is 6.78. The van der Waals surface area contributed by atoms with E-state index in [1.807, 2.05) is 60.7 Å². The predicted octanol–water partition coefficient (Wildman–Crippen LogP) is 4.12. The van der Waals surface area contributed by atoms with E-state index in [0.717, 1.165) is 11.1 Å². The third kappa shape index (κ3) is 3.87. The fraction of sp³-hybridized carbons (Fsp3) is 0.0625. The zero-order valence-corrected chi connectivity index (χ0v) is 11.8. The lowest BCUT2D eigenvalue weighted by Gasteiger charge is -2.03. The molecule has 1 N–H and O–H groups in total. The number of hydrogen-bond acceptors (Lipinski definition) is 1. The van der Waals surface area contributed by atoms with Crippen molar-refractivity contribution in [1.82, 2.24) is 0 Å². The second-order valence-corrected chi connectivity index (χ2v) is 4.67. The molecule has 0 saturated carbocycles. The van der Waals surface area contributed by atoms with E-state index in [1.54, 1.807) is 6.92 Å². The molecule has 2 rings (SSSR count). The van der Waals surface area contributed by atoms with E-state index < -0.39 is 0 Å². The van der Waals surface area contributed by atoms with E-state index in [1.165, 1.54) is 0 Å². The lowest BCUT2D eigenvalue weighted by molar-refractivity contribution is 1.39. The van der Waals surface area contributed by atoms with E-state index in [4.69, 9.17) is 17.0 Å². The van der Waals surface area contributed by atoms with Crippen LogP contribution < -0.4 is 0 Å². The summed E-state index contributed by atoms with van der Waals surface area (Å²) < 4.78 is 0. The Morgan fingerprint density at radius 2 is 1.35 bits per heavy atom. The van der Waals surface area contributed by atoms with Crippen LogP contribution in [0.1, 0.15) is 18.1 Å². The number of hydrogen-bond donors (Lipinski definition) is 1. The second-order valence-electron chi connectivity index (χ2n) is 4.12. The molecule has 0 aromatic heterocycles. The highest BCUT2D eigenvalue weighted by Crippen LogP contribution is 2.07. The molecule has 0 amide bonds. The molecular formula is C16H14ClN3. The van der Waals surface area contributed by atoms with Gasteiger partial charge in [-0.05, 0) is 6.92 Å². The normalized spacial score (nSPS) is 12.3. The van der Waals surface area contributed by atoms with Gasteiger partial charge in [-0.2, -0.15) is 0 Å². The van der Waals surface area contributed by atoms with Gasteiger partial charge in [0, 0.05) is 11.1 Å². The molecule has 0 spiro atoms. The van der Waals surface area contributed by atoms with E-state index in [-0.39, 0.29) is 5.84 Å². The van der Waals surface area contributed by atoms with Crippen LogP contribution in [-0.2, 0) is 0 Å². The SMILES string of the molecule is CC(Cl)=NC(=NC(=N)c1ccccc1)c1ccccc1. The van der Waals surface area contributed by atoms with E-state index in [9.17, 15) is 0 Å². The first-order valence-electron chi connectivity index (χ1n) is 6.15. The standard InChI is InChI=1S/C16H14ClN3/c1-12(17)19-16(14-10-6-3-7-11-14)20-15(18)13-8-4-2-5-9-13/h2-11,18H,1H3. The quantitative estimate of drug-likeness (QED) is 0.637. The third-order valence-electron chi connectivity index (χ3n) is 2.56. The van der Waals surface area contributed by atoms with Crippen LogP contribution in [0.5, 0.6) is 0 Å². The summed E-state index contributed by atoms with van der Waals surface area (Å²) in [6.45, 7) is 1.69. The number of benzene rings is 2. The van der Waals surface area contributed by atoms with Crippen molar-refractivity contribution in [2.75, 3.05) is 0 Å². The van der Waals surface area contributed by atoms with Gasteiger partial charge in [-0.15, -0.1) is 0 Å². The maximum Gasteiger partial charge on any atom is 0.162 e. The van der Waals surface area contributed by atoms with Gasteiger partial charge in [-0.1, -0.05) is 72.3 Å². The molecule has 2 aromatic carbocycles.